The summed E-state index contributed by atoms with van der Waals surface area (Å²) >= 11 is 0. The molecule has 0 amide bonds. The van der Waals surface area contributed by atoms with Gasteiger partial charge in [-0.2, -0.15) is 0 Å². The summed E-state index contributed by atoms with van der Waals surface area (Å²) in [5, 5.41) is 0. The monoisotopic (exact) mass is 199 g/mol. The van der Waals surface area contributed by atoms with E-state index in [2.05, 4.69) is 18.7 Å². The quantitative estimate of drug-likeness (QED) is 0.643. The third kappa shape index (κ3) is 2.96. The van der Waals surface area contributed by atoms with E-state index in [9.17, 15) is 0 Å². The van der Waals surface area contributed by atoms with Crippen LogP contribution in [0.25, 0.3) is 0 Å². The highest BCUT2D eigenvalue weighted by Gasteiger charge is 2.32. The predicted molar refractivity (Wildman–Crippen MR) is 60.5 cm³/mol. The van der Waals surface area contributed by atoms with Crippen molar-refractivity contribution in [3.63, 3.8) is 0 Å². The molecule has 2 heteroatoms. The van der Waals surface area contributed by atoms with Gasteiger partial charge in [-0.1, -0.05) is 27.7 Å². The summed E-state index contributed by atoms with van der Waals surface area (Å²) in [6, 6.07) is 0.751. The minimum absolute atomic E-state index is 0.584. The van der Waals surface area contributed by atoms with Crippen LogP contribution in [-0.2, 0) is 4.74 Å². The van der Waals surface area contributed by atoms with Gasteiger partial charge in [0.1, 0.15) is 0 Å². The fourth-order valence-corrected chi connectivity index (χ4v) is 1.93. The SMILES string of the molecule is CC.CC1(C)CCN(C2COC2)CC1. The second kappa shape index (κ2) is 5.13. The van der Waals surface area contributed by atoms with Crippen LogP contribution in [0.4, 0.5) is 0 Å². The molecule has 0 aromatic heterocycles. The topological polar surface area (TPSA) is 12.5 Å². The van der Waals surface area contributed by atoms with Crippen molar-refractivity contribution < 1.29 is 4.74 Å². The number of nitrogens with zero attached hydrogens (tertiary/aromatic N) is 1. The maximum atomic E-state index is 5.20. The lowest BCUT2D eigenvalue weighted by molar-refractivity contribution is -0.0787. The zero-order chi connectivity index (χ0) is 10.6. The van der Waals surface area contributed by atoms with E-state index in [1.807, 2.05) is 13.8 Å². The van der Waals surface area contributed by atoms with Gasteiger partial charge in [-0.25, -0.2) is 0 Å². The first-order valence-electron chi connectivity index (χ1n) is 5.99. The third-order valence-corrected chi connectivity index (χ3v) is 3.29. The molecule has 2 aliphatic rings. The predicted octanol–water partition coefficient (Wildman–Crippen LogP) is 2.53. The molecule has 0 bridgehead atoms. The van der Waals surface area contributed by atoms with E-state index in [4.69, 9.17) is 4.74 Å². The van der Waals surface area contributed by atoms with Gasteiger partial charge in [-0.15, -0.1) is 0 Å². The zero-order valence-electron chi connectivity index (χ0n) is 10.2. The number of ether oxygens (including phenoxy) is 1. The van der Waals surface area contributed by atoms with E-state index in [1.165, 1.54) is 25.9 Å². The smallest absolute Gasteiger partial charge is 0.0645 e. The Morgan fingerprint density at radius 3 is 1.93 bits per heavy atom. The first-order valence-corrected chi connectivity index (χ1v) is 5.99. The average Bonchev–Trinajstić information content (AvgIpc) is 2.09. The van der Waals surface area contributed by atoms with Crippen molar-refractivity contribution in [2.45, 2.75) is 46.6 Å². The zero-order valence-corrected chi connectivity index (χ0v) is 10.2. The molecule has 0 radical (unpaired) electrons. The Hall–Kier alpha value is -0.0800. The highest BCUT2D eigenvalue weighted by Crippen LogP contribution is 2.31. The van der Waals surface area contributed by atoms with E-state index in [0.29, 0.717) is 5.41 Å². The molecular weight excluding hydrogens is 174 g/mol. The number of hydrogen-bond donors (Lipinski definition) is 0. The van der Waals surface area contributed by atoms with Gasteiger partial charge in [0.25, 0.3) is 0 Å². The maximum Gasteiger partial charge on any atom is 0.0645 e. The third-order valence-electron chi connectivity index (χ3n) is 3.29. The van der Waals surface area contributed by atoms with Gasteiger partial charge in [-0.05, 0) is 31.3 Å². The molecule has 84 valence electrons. The molecule has 0 unspecified atom stereocenters. The first-order chi connectivity index (χ1) is 6.67. The van der Waals surface area contributed by atoms with Gasteiger partial charge in [0.05, 0.1) is 19.3 Å². The second-order valence-electron chi connectivity index (χ2n) is 4.89. The Morgan fingerprint density at radius 2 is 1.57 bits per heavy atom. The van der Waals surface area contributed by atoms with Crippen LogP contribution in [0, 0.1) is 5.41 Å². The van der Waals surface area contributed by atoms with Gasteiger partial charge in [0.15, 0.2) is 0 Å². The lowest BCUT2D eigenvalue weighted by atomic mass is 9.82. The van der Waals surface area contributed by atoms with Crippen molar-refractivity contribution in [2.75, 3.05) is 26.3 Å². The van der Waals surface area contributed by atoms with Crippen LogP contribution >= 0.6 is 0 Å². The molecule has 0 aliphatic carbocycles. The molecule has 2 saturated heterocycles. The van der Waals surface area contributed by atoms with E-state index in [-0.39, 0.29) is 0 Å². The lowest BCUT2D eigenvalue weighted by Gasteiger charge is -2.43. The van der Waals surface area contributed by atoms with E-state index in [0.717, 1.165) is 19.3 Å². The first kappa shape index (κ1) is 12.0. The Kier molecular flexibility index (Phi) is 4.39. The summed E-state index contributed by atoms with van der Waals surface area (Å²) in [6.45, 7) is 13.3. The van der Waals surface area contributed by atoms with Crippen molar-refractivity contribution in [3.8, 4) is 0 Å². The molecule has 14 heavy (non-hydrogen) atoms. The molecule has 0 aromatic rings. The molecule has 2 rings (SSSR count). The van der Waals surface area contributed by atoms with Crippen molar-refractivity contribution in [1.29, 1.82) is 0 Å². The molecule has 0 aromatic carbocycles. The van der Waals surface area contributed by atoms with Crippen LogP contribution in [0.3, 0.4) is 0 Å². The van der Waals surface area contributed by atoms with Crippen molar-refractivity contribution >= 4 is 0 Å². The summed E-state index contributed by atoms with van der Waals surface area (Å²) in [6.07, 6.45) is 2.70. The van der Waals surface area contributed by atoms with Crippen LogP contribution in [0.1, 0.15) is 40.5 Å². The van der Waals surface area contributed by atoms with E-state index >= 15 is 0 Å². The summed E-state index contributed by atoms with van der Waals surface area (Å²) in [4.78, 5) is 2.59. The maximum absolute atomic E-state index is 5.20. The van der Waals surface area contributed by atoms with Crippen molar-refractivity contribution in [2.24, 2.45) is 5.41 Å². The van der Waals surface area contributed by atoms with Gasteiger partial charge in [0.2, 0.25) is 0 Å². The van der Waals surface area contributed by atoms with Gasteiger partial charge in [-0.3, -0.25) is 4.90 Å². The fraction of sp³-hybridized carbons (Fsp3) is 1.00. The Labute approximate surface area is 88.6 Å². The molecule has 2 fully saturated rings. The molecule has 2 heterocycles. The van der Waals surface area contributed by atoms with Crippen molar-refractivity contribution in [1.82, 2.24) is 4.90 Å². The van der Waals surface area contributed by atoms with Gasteiger partial charge >= 0.3 is 0 Å². The van der Waals surface area contributed by atoms with Gasteiger partial charge < -0.3 is 4.74 Å². The molecule has 2 nitrogen and oxygen atoms in total. The summed E-state index contributed by atoms with van der Waals surface area (Å²) in [5.74, 6) is 0. The highest BCUT2D eigenvalue weighted by molar-refractivity contribution is 4.85. The second-order valence-corrected chi connectivity index (χ2v) is 4.89. The van der Waals surface area contributed by atoms with Crippen LogP contribution in [0.15, 0.2) is 0 Å². The Morgan fingerprint density at radius 1 is 1.07 bits per heavy atom. The number of rotatable bonds is 1. The minimum atomic E-state index is 0.584. The van der Waals surface area contributed by atoms with E-state index < -0.39 is 0 Å². The minimum Gasteiger partial charge on any atom is -0.378 e. The van der Waals surface area contributed by atoms with E-state index in [1.54, 1.807) is 0 Å². The van der Waals surface area contributed by atoms with Crippen LogP contribution in [-0.4, -0.2) is 37.2 Å². The normalized spacial score (nSPS) is 27.4. The Bertz CT molecular complexity index is 154. The lowest BCUT2D eigenvalue weighted by Crippen LogP contribution is -2.52. The van der Waals surface area contributed by atoms with Crippen molar-refractivity contribution in [3.05, 3.63) is 0 Å². The fourth-order valence-electron chi connectivity index (χ4n) is 1.93. The molecular formula is C12H25NO. The standard InChI is InChI=1S/C10H19NO.C2H6/c1-10(2)3-5-11(6-4-10)9-7-12-8-9;1-2/h9H,3-8H2,1-2H3;1-2H3. The largest absolute Gasteiger partial charge is 0.378 e. The molecule has 0 atom stereocenters. The highest BCUT2D eigenvalue weighted by atomic mass is 16.5. The van der Waals surface area contributed by atoms with Crippen LogP contribution in [0.5, 0.6) is 0 Å². The number of likely N-dealkylation sites (tertiary alicyclic amines) is 1. The summed E-state index contributed by atoms with van der Waals surface area (Å²) in [7, 11) is 0. The van der Waals surface area contributed by atoms with Gasteiger partial charge in [0, 0.05) is 0 Å². The molecule has 0 spiro atoms. The van der Waals surface area contributed by atoms with Crippen LogP contribution < -0.4 is 0 Å². The average molecular weight is 199 g/mol. The molecule has 2 aliphatic heterocycles. The number of piperidine rings is 1. The molecule has 0 saturated carbocycles. The summed E-state index contributed by atoms with van der Waals surface area (Å²) < 4.78 is 5.20. The number of hydrogen-bond acceptors (Lipinski definition) is 2. The van der Waals surface area contributed by atoms with Crippen LogP contribution in [0.2, 0.25) is 0 Å². The summed E-state index contributed by atoms with van der Waals surface area (Å²) in [5.41, 5.74) is 0.584. The molecule has 0 N–H and O–H groups in total. The Balaban J connectivity index is 0.000000461.